The van der Waals surface area contributed by atoms with Crippen molar-refractivity contribution in [3.05, 3.63) is 60.2 Å². The molecule has 0 saturated heterocycles. The SMILES string of the molecule is CN=C(NCCS(=O)c1ccccc1)NCc1cccc(OC)c1. The van der Waals surface area contributed by atoms with E-state index in [0.717, 1.165) is 16.2 Å². The Morgan fingerprint density at radius 3 is 2.62 bits per heavy atom. The molecule has 1 atom stereocenters. The zero-order valence-electron chi connectivity index (χ0n) is 14.0. The number of nitrogens with zero attached hydrogens (tertiary/aromatic N) is 1. The Hall–Kier alpha value is -2.34. The third-order valence-corrected chi connectivity index (χ3v) is 4.78. The number of methoxy groups -OCH3 is 1. The van der Waals surface area contributed by atoms with Gasteiger partial charge in [-0.3, -0.25) is 9.20 Å². The lowest BCUT2D eigenvalue weighted by atomic mass is 10.2. The Morgan fingerprint density at radius 2 is 1.92 bits per heavy atom. The lowest BCUT2D eigenvalue weighted by Crippen LogP contribution is -2.38. The highest BCUT2D eigenvalue weighted by atomic mass is 32.2. The van der Waals surface area contributed by atoms with E-state index < -0.39 is 10.8 Å². The van der Waals surface area contributed by atoms with E-state index in [0.29, 0.717) is 24.8 Å². The maximum Gasteiger partial charge on any atom is 0.191 e. The highest BCUT2D eigenvalue weighted by Crippen LogP contribution is 2.12. The Labute approximate surface area is 145 Å². The fourth-order valence-electron chi connectivity index (χ4n) is 2.14. The molecule has 128 valence electrons. The summed E-state index contributed by atoms with van der Waals surface area (Å²) in [6, 6.07) is 17.3. The van der Waals surface area contributed by atoms with Gasteiger partial charge in [-0.2, -0.15) is 0 Å². The van der Waals surface area contributed by atoms with Gasteiger partial charge in [0.25, 0.3) is 0 Å². The molecule has 0 aliphatic carbocycles. The van der Waals surface area contributed by atoms with E-state index in [1.165, 1.54) is 0 Å². The van der Waals surface area contributed by atoms with Crippen LogP contribution in [-0.4, -0.2) is 36.6 Å². The highest BCUT2D eigenvalue weighted by molar-refractivity contribution is 7.85. The van der Waals surface area contributed by atoms with Crippen molar-refractivity contribution < 1.29 is 8.95 Å². The van der Waals surface area contributed by atoms with Crippen LogP contribution in [0.2, 0.25) is 0 Å². The first-order valence-corrected chi connectivity index (χ1v) is 9.05. The van der Waals surface area contributed by atoms with Crippen LogP contribution >= 0.6 is 0 Å². The summed E-state index contributed by atoms with van der Waals surface area (Å²) in [5, 5.41) is 6.42. The number of nitrogens with one attached hydrogen (secondary N) is 2. The topological polar surface area (TPSA) is 62.7 Å². The van der Waals surface area contributed by atoms with E-state index in [9.17, 15) is 4.21 Å². The molecule has 0 aliphatic heterocycles. The molecule has 0 bridgehead atoms. The van der Waals surface area contributed by atoms with Gasteiger partial charge in [0.05, 0.1) is 17.9 Å². The molecule has 0 aliphatic rings. The summed E-state index contributed by atoms with van der Waals surface area (Å²) >= 11 is 0. The minimum atomic E-state index is -1.01. The normalized spacial score (nSPS) is 12.5. The zero-order chi connectivity index (χ0) is 17.2. The van der Waals surface area contributed by atoms with Crippen LogP contribution < -0.4 is 15.4 Å². The predicted molar refractivity (Wildman–Crippen MR) is 98.9 cm³/mol. The lowest BCUT2D eigenvalue weighted by molar-refractivity contribution is 0.414. The summed E-state index contributed by atoms with van der Waals surface area (Å²) in [5.41, 5.74) is 1.10. The van der Waals surface area contributed by atoms with Gasteiger partial charge in [0.2, 0.25) is 0 Å². The van der Waals surface area contributed by atoms with Crippen LogP contribution in [0.3, 0.4) is 0 Å². The van der Waals surface area contributed by atoms with Crippen molar-refractivity contribution in [3.8, 4) is 5.75 Å². The molecule has 0 fully saturated rings. The summed E-state index contributed by atoms with van der Waals surface area (Å²) in [7, 11) is 2.36. The first kappa shape index (κ1) is 18.0. The number of guanidine groups is 1. The molecular weight excluding hydrogens is 322 g/mol. The minimum absolute atomic E-state index is 0.532. The molecule has 2 aromatic rings. The summed E-state index contributed by atoms with van der Waals surface area (Å²) in [6.07, 6.45) is 0. The van der Waals surface area contributed by atoms with Crippen LogP contribution in [0.1, 0.15) is 5.56 Å². The molecule has 2 aromatic carbocycles. The molecule has 6 heteroatoms. The van der Waals surface area contributed by atoms with Gasteiger partial charge in [-0.05, 0) is 29.8 Å². The van der Waals surface area contributed by atoms with Crippen molar-refractivity contribution in [2.24, 2.45) is 4.99 Å². The second kappa shape index (κ2) is 9.72. The van der Waals surface area contributed by atoms with E-state index in [-0.39, 0.29) is 0 Å². The number of rotatable bonds is 7. The molecule has 0 radical (unpaired) electrons. The standard InChI is InChI=1S/C18H23N3O2S/c1-19-18(21-14-15-7-6-8-16(13-15)23-2)20-11-12-24(22)17-9-4-3-5-10-17/h3-10,13H,11-12,14H2,1-2H3,(H2,19,20,21). The fourth-order valence-corrected chi connectivity index (χ4v) is 3.12. The van der Waals surface area contributed by atoms with Crippen LogP contribution in [0.4, 0.5) is 0 Å². The predicted octanol–water partition coefficient (Wildman–Crippen LogP) is 2.17. The van der Waals surface area contributed by atoms with Crippen molar-refractivity contribution in [2.45, 2.75) is 11.4 Å². The van der Waals surface area contributed by atoms with Crippen LogP contribution in [0.15, 0.2) is 64.5 Å². The van der Waals surface area contributed by atoms with Gasteiger partial charge in [0.15, 0.2) is 5.96 Å². The number of hydrogen-bond donors (Lipinski definition) is 2. The Kier molecular flexibility index (Phi) is 7.29. The van der Waals surface area contributed by atoms with Crippen molar-refractivity contribution in [2.75, 3.05) is 26.5 Å². The maximum atomic E-state index is 12.2. The monoisotopic (exact) mass is 345 g/mol. The molecule has 5 nitrogen and oxygen atoms in total. The van der Waals surface area contributed by atoms with E-state index in [4.69, 9.17) is 4.74 Å². The molecule has 1 unspecified atom stereocenters. The van der Waals surface area contributed by atoms with Crippen molar-refractivity contribution in [3.63, 3.8) is 0 Å². The van der Waals surface area contributed by atoms with Crippen molar-refractivity contribution in [1.82, 2.24) is 10.6 Å². The first-order valence-electron chi connectivity index (χ1n) is 7.74. The Morgan fingerprint density at radius 1 is 1.12 bits per heavy atom. The third kappa shape index (κ3) is 5.70. The van der Waals surface area contributed by atoms with Gasteiger partial charge >= 0.3 is 0 Å². The van der Waals surface area contributed by atoms with Gasteiger partial charge in [0.1, 0.15) is 5.75 Å². The minimum Gasteiger partial charge on any atom is -0.497 e. The van der Waals surface area contributed by atoms with Crippen LogP contribution in [0.5, 0.6) is 5.75 Å². The Balaban J connectivity index is 1.77. The number of hydrogen-bond acceptors (Lipinski definition) is 3. The molecule has 2 rings (SSSR count). The van der Waals surface area contributed by atoms with Crippen LogP contribution in [0.25, 0.3) is 0 Å². The summed E-state index contributed by atoms with van der Waals surface area (Å²) in [6.45, 7) is 1.22. The smallest absolute Gasteiger partial charge is 0.191 e. The molecule has 24 heavy (non-hydrogen) atoms. The lowest BCUT2D eigenvalue weighted by Gasteiger charge is -2.12. The number of aliphatic imine (C=N–C) groups is 1. The number of benzene rings is 2. The molecule has 0 saturated carbocycles. The first-order chi connectivity index (χ1) is 11.7. The van der Waals surface area contributed by atoms with Crippen LogP contribution in [0, 0.1) is 0 Å². The highest BCUT2D eigenvalue weighted by Gasteiger charge is 2.04. The van der Waals surface area contributed by atoms with Crippen molar-refractivity contribution >= 4 is 16.8 Å². The van der Waals surface area contributed by atoms with Gasteiger partial charge in [0, 0.05) is 30.8 Å². The Bertz CT molecular complexity index is 690. The summed E-state index contributed by atoms with van der Waals surface area (Å²) in [5.74, 6) is 2.04. The van der Waals surface area contributed by atoms with Gasteiger partial charge in [-0.1, -0.05) is 30.3 Å². The second-order valence-corrected chi connectivity index (χ2v) is 6.64. The maximum absolute atomic E-state index is 12.2. The van der Waals surface area contributed by atoms with E-state index in [1.54, 1.807) is 14.2 Å². The molecule has 2 N–H and O–H groups in total. The van der Waals surface area contributed by atoms with E-state index in [2.05, 4.69) is 15.6 Å². The summed E-state index contributed by atoms with van der Waals surface area (Å²) < 4.78 is 17.4. The van der Waals surface area contributed by atoms with Gasteiger partial charge < -0.3 is 15.4 Å². The van der Waals surface area contributed by atoms with E-state index >= 15 is 0 Å². The van der Waals surface area contributed by atoms with Crippen LogP contribution in [-0.2, 0) is 17.3 Å². The van der Waals surface area contributed by atoms with Gasteiger partial charge in [-0.25, -0.2) is 0 Å². The largest absolute Gasteiger partial charge is 0.497 e. The van der Waals surface area contributed by atoms with E-state index in [1.807, 2.05) is 54.6 Å². The van der Waals surface area contributed by atoms with Gasteiger partial charge in [-0.15, -0.1) is 0 Å². The molecule has 0 spiro atoms. The molecule has 0 heterocycles. The summed E-state index contributed by atoms with van der Waals surface area (Å²) in [4.78, 5) is 5.03. The third-order valence-electron chi connectivity index (χ3n) is 3.40. The fraction of sp³-hybridized carbons (Fsp3) is 0.278. The molecule has 0 aromatic heterocycles. The second-order valence-electron chi connectivity index (χ2n) is 5.07. The quantitative estimate of drug-likeness (QED) is 0.596. The molecular formula is C18H23N3O2S. The average Bonchev–Trinajstić information content (AvgIpc) is 2.65. The zero-order valence-corrected chi connectivity index (χ0v) is 14.8. The average molecular weight is 345 g/mol. The van der Waals surface area contributed by atoms with Crippen molar-refractivity contribution in [1.29, 1.82) is 0 Å². The molecule has 0 amide bonds. The number of ether oxygens (including phenoxy) is 1.